The van der Waals surface area contributed by atoms with Gasteiger partial charge in [-0.15, -0.1) is 0 Å². The predicted octanol–water partition coefficient (Wildman–Crippen LogP) is 2.22. The molecule has 2 rings (SSSR count). The first-order valence-electron chi connectivity index (χ1n) is 9.30. The van der Waals surface area contributed by atoms with Crippen LogP contribution in [0.3, 0.4) is 0 Å². The number of benzene rings is 1. The van der Waals surface area contributed by atoms with Crippen molar-refractivity contribution < 1.29 is 28.7 Å². The van der Waals surface area contributed by atoms with Gasteiger partial charge < -0.3 is 9.47 Å². The number of amides is 3. The average molecular weight is 428 g/mol. The highest BCUT2D eigenvalue weighted by atomic mass is 16.6. The molecule has 1 aromatic carbocycles. The Labute approximate surface area is 179 Å². The standard InChI is InChI=1S/C21H24N4O6/c1-21(2,3)31-20(29)23-16-10-9-15(12-22-16)18(27)25-24-17(26)11-13-5-7-14(8-6-13)19(28)30-4/h5-10,12H,11H2,1-4H3,(H,24,26)(H,25,27)(H,22,23,29). The fraction of sp³-hybridized carbons (Fsp3) is 0.286. The molecule has 0 spiro atoms. The predicted molar refractivity (Wildman–Crippen MR) is 111 cm³/mol. The molecule has 1 aromatic heterocycles. The van der Waals surface area contributed by atoms with Crippen LogP contribution in [0.15, 0.2) is 42.6 Å². The summed E-state index contributed by atoms with van der Waals surface area (Å²) in [6.45, 7) is 5.21. The third-order valence-corrected chi connectivity index (χ3v) is 3.71. The van der Waals surface area contributed by atoms with Gasteiger partial charge in [-0.25, -0.2) is 14.6 Å². The van der Waals surface area contributed by atoms with Crippen molar-refractivity contribution in [1.82, 2.24) is 15.8 Å². The van der Waals surface area contributed by atoms with E-state index >= 15 is 0 Å². The maximum atomic E-state index is 12.1. The van der Waals surface area contributed by atoms with E-state index in [9.17, 15) is 19.2 Å². The maximum absolute atomic E-state index is 12.1. The molecule has 3 amide bonds. The summed E-state index contributed by atoms with van der Waals surface area (Å²) in [6.07, 6.45) is 0.586. The van der Waals surface area contributed by atoms with Crippen molar-refractivity contribution in [2.24, 2.45) is 0 Å². The summed E-state index contributed by atoms with van der Waals surface area (Å²) in [6, 6.07) is 9.20. The zero-order valence-corrected chi connectivity index (χ0v) is 17.6. The Balaban J connectivity index is 1.83. The van der Waals surface area contributed by atoms with Crippen LogP contribution in [0.1, 0.15) is 47.1 Å². The topological polar surface area (TPSA) is 136 Å². The number of rotatable bonds is 5. The molecule has 0 unspecified atom stereocenters. The van der Waals surface area contributed by atoms with Gasteiger partial charge in [0, 0.05) is 6.20 Å². The van der Waals surface area contributed by atoms with Gasteiger partial charge in [0.1, 0.15) is 11.4 Å². The maximum Gasteiger partial charge on any atom is 0.413 e. The van der Waals surface area contributed by atoms with E-state index in [0.717, 1.165) is 0 Å². The number of anilines is 1. The quantitative estimate of drug-likeness (QED) is 0.491. The largest absolute Gasteiger partial charge is 0.465 e. The molecule has 0 fully saturated rings. The van der Waals surface area contributed by atoms with Crippen LogP contribution < -0.4 is 16.2 Å². The van der Waals surface area contributed by atoms with Crippen molar-refractivity contribution in [3.05, 3.63) is 59.3 Å². The number of methoxy groups -OCH3 is 1. The molecule has 2 aromatic rings. The molecule has 0 saturated heterocycles. The van der Waals surface area contributed by atoms with E-state index in [1.54, 1.807) is 45.0 Å². The van der Waals surface area contributed by atoms with E-state index in [0.29, 0.717) is 11.1 Å². The van der Waals surface area contributed by atoms with Gasteiger partial charge in [0.25, 0.3) is 5.91 Å². The number of pyridine rings is 1. The second-order valence-corrected chi connectivity index (χ2v) is 7.43. The van der Waals surface area contributed by atoms with Crippen LogP contribution in [0, 0.1) is 0 Å². The fourth-order valence-electron chi connectivity index (χ4n) is 2.32. The minimum atomic E-state index is -0.663. The molecular formula is C21H24N4O6. The molecule has 1 heterocycles. The molecule has 0 radical (unpaired) electrons. The van der Waals surface area contributed by atoms with Crippen molar-refractivity contribution in [3.8, 4) is 0 Å². The van der Waals surface area contributed by atoms with E-state index in [1.807, 2.05) is 0 Å². The Morgan fingerprint density at radius 3 is 2.13 bits per heavy atom. The minimum Gasteiger partial charge on any atom is -0.465 e. The van der Waals surface area contributed by atoms with Crippen LogP contribution in [0.2, 0.25) is 0 Å². The van der Waals surface area contributed by atoms with Gasteiger partial charge in [-0.1, -0.05) is 12.1 Å². The van der Waals surface area contributed by atoms with Crippen molar-refractivity contribution in [2.45, 2.75) is 32.8 Å². The van der Waals surface area contributed by atoms with E-state index in [1.165, 1.54) is 25.4 Å². The normalized spacial score (nSPS) is 10.6. The van der Waals surface area contributed by atoms with Crippen LogP contribution >= 0.6 is 0 Å². The number of nitrogens with zero attached hydrogens (tertiary/aromatic N) is 1. The molecule has 0 aliphatic rings. The number of aromatic nitrogens is 1. The molecule has 10 heteroatoms. The van der Waals surface area contributed by atoms with Gasteiger partial charge in [0.2, 0.25) is 5.91 Å². The molecule has 0 aliphatic heterocycles. The van der Waals surface area contributed by atoms with E-state index in [-0.39, 0.29) is 17.8 Å². The Morgan fingerprint density at radius 1 is 0.935 bits per heavy atom. The van der Waals surface area contributed by atoms with Crippen molar-refractivity contribution in [3.63, 3.8) is 0 Å². The Morgan fingerprint density at radius 2 is 1.58 bits per heavy atom. The van der Waals surface area contributed by atoms with Crippen LogP contribution in [0.5, 0.6) is 0 Å². The molecular weight excluding hydrogens is 404 g/mol. The van der Waals surface area contributed by atoms with E-state index in [2.05, 4.69) is 25.9 Å². The van der Waals surface area contributed by atoms with Crippen LogP contribution in [0.4, 0.5) is 10.6 Å². The van der Waals surface area contributed by atoms with Gasteiger partial charge >= 0.3 is 12.1 Å². The Bertz CT molecular complexity index is 949. The second kappa shape index (κ2) is 10.2. The highest BCUT2D eigenvalue weighted by Crippen LogP contribution is 2.11. The smallest absolute Gasteiger partial charge is 0.413 e. The van der Waals surface area contributed by atoms with Crippen LogP contribution in [-0.4, -0.2) is 41.6 Å². The van der Waals surface area contributed by atoms with Gasteiger partial charge in [-0.3, -0.25) is 25.8 Å². The monoisotopic (exact) mass is 428 g/mol. The number of carbonyl (C=O) groups is 4. The number of esters is 1. The first-order valence-corrected chi connectivity index (χ1v) is 9.30. The second-order valence-electron chi connectivity index (χ2n) is 7.43. The van der Waals surface area contributed by atoms with Gasteiger partial charge in [-0.2, -0.15) is 0 Å². The minimum absolute atomic E-state index is 0.00126. The van der Waals surface area contributed by atoms with Gasteiger partial charge in [0.05, 0.1) is 24.7 Å². The zero-order chi connectivity index (χ0) is 23.0. The number of carbonyl (C=O) groups excluding carboxylic acids is 4. The number of hydrazine groups is 1. The summed E-state index contributed by atoms with van der Waals surface area (Å²) in [5, 5.41) is 2.45. The number of hydrogen-bond acceptors (Lipinski definition) is 7. The van der Waals surface area contributed by atoms with Crippen LogP contribution in [0.25, 0.3) is 0 Å². The summed E-state index contributed by atoms with van der Waals surface area (Å²) >= 11 is 0. The molecule has 3 N–H and O–H groups in total. The summed E-state index contributed by atoms with van der Waals surface area (Å²) in [7, 11) is 1.28. The lowest BCUT2D eigenvalue weighted by atomic mass is 10.1. The molecule has 0 bridgehead atoms. The molecule has 10 nitrogen and oxygen atoms in total. The average Bonchev–Trinajstić information content (AvgIpc) is 2.71. The van der Waals surface area contributed by atoms with Crippen LogP contribution in [-0.2, 0) is 20.7 Å². The first-order chi connectivity index (χ1) is 14.6. The number of hydrogen-bond donors (Lipinski definition) is 3. The van der Waals surface area contributed by atoms with Crippen molar-refractivity contribution in [2.75, 3.05) is 12.4 Å². The van der Waals surface area contributed by atoms with Crippen molar-refractivity contribution in [1.29, 1.82) is 0 Å². The third kappa shape index (κ3) is 7.77. The first kappa shape index (κ1) is 23.3. The molecule has 0 aliphatic carbocycles. The highest BCUT2D eigenvalue weighted by Gasteiger charge is 2.17. The van der Waals surface area contributed by atoms with Crippen molar-refractivity contribution >= 4 is 29.7 Å². The SMILES string of the molecule is COC(=O)c1ccc(CC(=O)NNC(=O)c2ccc(NC(=O)OC(C)(C)C)nc2)cc1. The molecule has 164 valence electrons. The summed E-state index contributed by atoms with van der Waals surface area (Å²) in [5.41, 5.74) is 5.14. The highest BCUT2D eigenvalue weighted by molar-refractivity contribution is 5.95. The lowest BCUT2D eigenvalue weighted by molar-refractivity contribution is -0.121. The summed E-state index contributed by atoms with van der Waals surface area (Å²) in [5.74, 6) is -1.28. The Kier molecular flexibility index (Phi) is 7.67. The number of ether oxygens (including phenoxy) is 2. The Hall–Kier alpha value is -3.95. The summed E-state index contributed by atoms with van der Waals surface area (Å²) in [4.78, 5) is 51.3. The van der Waals surface area contributed by atoms with Gasteiger partial charge in [-0.05, 0) is 50.6 Å². The molecule has 0 atom stereocenters. The zero-order valence-electron chi connectivity index (χ0n) is 17.6. The number of nitrogens with one attached hydrogen (secondary N) is 3. The molecule has 31 heavy (non-hydrogen) atoms. The fourth-order valence-corrected chi connectivity index (χ4v) is 2.32. The lowest BCUT2D eigenvalue weighted by Crippen LogP contribution is -2.42. The van der Waals surface area contributed by atoms with Gasteiger partial charge in [0.15, 0.2) is 0 Å². The van der Waals surface area contributed by atoms with E-state index < -0.39 is 29.5 Å². The summed E-state index contributed by atoms with van der Waals surface area (Å²) < 4.78 is 9.73. The molecule has 0 saturated carbocycles. The third-order valence-electron chi connectivity index (χ3n) is 3.71. The van der Waals surface area contributed by atoms with E-state index in [4.69, 9.17) is 4.74 Å². The lowest BCUT2D eigenvalue weighted by Gasteiger charge is -2.19.